The van der Waals surface area contributed by atoms with Gasteiger partial charge >= 0.3 is 5.97 Å². The van der Waals surface area contributed by atoms with Crippen molar-refractivity contribution in [2.24, 2.45) is 7.05 Å². The van der Waals surface area contributed by atoms with E-state index in [9.17, 15) is 14.7 Å². The molecule has 0 aliphatic carbocycles. The van der Waals surface area contributed by atoms with Crippen molar-refractivity contribution in [3.8, 4) is 23.2 Å². The molecule has 2 heterocycles. The fourth-order valence-electron chi connectivity index (χ4n) is 2.94. The van der Waals surface area contributed by atoms with E-state index in [-0.39, 0.29) is 12.3 Å². The van der Waals surface area contributed by atoms with E-state index in [0.29, 0.717) is 34.5 Å². The average molecular weight is 420 g/mol. The number of esters is 1. The third-order valence-corrected chi connectivity index (χ3v) is 4.75. The van der Waals surface area contributed by atoms with Crippen molar-refractivity contribution >= 4 is 22.9 Å². The van der Waals surface area contributed by atoms with Crippen molar-refractivity contribution in [3.05, 3.63) is 47.8 Å². The molecular weight excluding hydrogens is 396 g/mol. The van der Waals surface area contributed by atoms with Crippen molar-refractivity contribution in [1.82, 2.24) is 19.4 Å². The van der Waals surface area contributed by atoms with Gasteiger partial charge in [-0.3, -0.25) is 4.79 Å². The number of amides is 1. The highest BCUT2D eigenvalue weighted by Gasteiger charge is 2.19. The average Bonchev–Trinajstić information content (AvgIpc) is 3.16. The SMILES string of the molecule is CCOC(=O)c1nc(-c2cccc(C#CC(O)C(=O)N(C)CC)c2)nc2c1ccn2C. The summed E-state index contributed by atoms with van der Waals surface area (Å²) in [6.07, 6.45) is 0.402. The summed E-state index contributed by atoms with van der Waals surface area (Å²) in [5, 5.41) is 10.6. The number of aryl methyl sites for hydroxylation is 1. The summed E-state index contributed by atoms with van der Waals surface area (Å²) in [5.41, 5.74) is 2.03. The summed E-state index contributed by atoms with van der Waals surface area (Å²) >= 11 is 0. The highest BCUT2D eigenvalue weighted by molar-refractivity contribution is 6.01. The monoisotopic (exact) mass is 420 g/mol. The van der Waals surface area contributed by atoms with Crippen LogP contribution in [0.1, 0.15) is 29.9 Å². The molecule has 0 spiro atoms. The Morgan fingerprint density at radius 1 is 1.26 bits per heavy atom. The second-order valence-corrected chi connectivity index (χ2v) is 6.89. The number of ether oxygens (including phenoxy) is 1. The molecule has 31 heavy (non-hydrogen) atoms. The van der Waals surface area contributed by atoms with Gasteiger partial charge in [0.2, 0.25) is 0 Å². The second kappa shape index (κ2) is 9.41. The van der Waals surface area contributed by atoms with Gasteiger partial charge in [-0.15, -0.1) is 0 Å². The van der Waals surface area contributed by atoms with Gasteiger partial charge in [-0.1, -0.05) is 24.0 Å². The van der Waals surface area contributed by atoms with Crippen LogP contribution in [0.4, 0.5) is 0 Å². The number of hydrogen-bond donors (Lipinski definition) is 1. The lowest BCUT2D eigenvalue weighted by Crippen LogP contribution is -2.35. The topological polar surface area (TPSA) is 97.6 Å². The molecule has 1 amide bonds. The van der Waals surface area contributed by atoms with E-state index < -0.39 is 18.0 Å². The summed E-state index contributed by atoms with van der Waals surface area (Å²) in [6.45, 7) is 4.28. The number of nitrogens with zero attached hydrogens (tertiary/aromatic N) is 4. The molecule has 3 aromatic rings. The van der Waals surface area contributed by atoms with Crippen LogP contribution < -0.4 is 0 Å². The fourth-order valence-corrected chi connectivity index (χ4v) is 2.94. The zero-order valence-corrected chi connectivity index (χ0v) is 17.9. The summed E-state index contributed by atoms with van der Waals surface area (Å²) in [5.74, 6) is 4.77. The zero-order valence-electron chi connectivity index (χ0n) is 17.9. The predicted molar refractivity (Wildman–Crippen MR) is 116 cm³/mol. The molecular formula is C23H24N4O4. The maximum absolute atomic E-state index is 12.4. The standard InChI is InChI=1S/C23H24N4O4/c1-5-26(3)22(29)18(28)11-10-15-8-7-9-16(14-15)20-24-19(23(30)31-6-2)17-12-13-27(4)21(17)25-20/h7-9,12-14,18,28H,5-6H2,1-4H3. The largest absolute Gasteiger partial charge is 0.461 e. The molecule has 3 rings (SSSR count). The van der Waals surface area contributed by atoms with Gasteiger partial charge in [-0.05, 0) is 32.0 Å². The Morgan fingerprint density at radius 2 is 2.03 bits per heavy atom. The molecule has 0 aliphatic rings. The third-order valence-electron chi connectivity index (χ3n) is 4.75. The highest BCUT2D eigenvalue weighted by atomic mass is 16.5. The molecule has 0 fully saturated rings. The van der Waals surface area contributed by atoms with E-state index in [1.165, 1.54) is 4.90 Å². The van der Waals surface area contributed by atoms with E-state index in [2.05, 4.69) is 21.8 Å². The Kier molecular flexibility index (Phi) is 6.68. The minimum atomic E-state index is -1.40. The quantitative estimate of drug-likeness (QED) is 0.501. The van der Waals surface area contributed by atoms with E-state index in [1.54, 1.807) is 55.1 Å². The van der Waals surface area contributed by atoms with Crippen molar-refractivity contribution < 1.29 is 19.4 Å². The molecule has 8 heteroatoms. The molecule has 8 nitrogen and oxygen atoms in total. The van der Waals surface area contributed by atoms with Crippen molar-refractivity contribution in [1.29, 1.82) is 0 Å². The molecule has 160 valence electrons. The van der Waals surface area contributed by atoms with Crippen LogP contribution in [-0.4, -0.2) is 62.7 Å². The van der Waals surface area contributed by atoms with E-state index >= 15 is 0 Å². The van der Waals surface area contributed by atoms with Gasteiger partial charge in [-0.25, -0.2) is 14.8 Å². The first-order valence-electron chi connectivity index (χ1n) is 9.90. The first kappa shape index (κ1) is 22.0. The molecule has 0 radical (unpaired) electrons. The van der Waals surface area contributed by atoms with Crippen LogP contribution in [0.15, 0.2) is 36.5 Å². The van der Waals surface area contributed by atoms with Crippen LogP contribution in [0, 0.1) is 11.8 Å². The normalized spacial score (nSPS) is 11.5. The summed E-state index contributed by atoms with van der Waals surface area (Å²) in [6, 6.07) is 8.85. The maximum Gasteiger partial charge on any atom is 0.357 e. The van der Waals surface area contributed by atoms with Gasteiger partial charge in [-0.2, -0.15) is 0 Å². The number of aliphatic hydroxyl groups is 1. The predicted octanol–water partition coefficient (Wildman–Crippen LogP) is 2.00. The lowest BCUT2D eigenvalue weighted by molar-refractivity contribution is -0.135. The van der Waals surface area contributed by atoms with Gasteiger partial charge in [0.15, 0.2) is 17.6 Å². The van der Waals surface area contributed by atoms with Crippen molar-refractivity contribution in [3.63, 3.8) is 0 Å². The number of carbonyl (C=O) groups is 2. The molecule has 2 aromatic heterocycles. The number of carbonyl (C=O) groups excluding carboxylic acids is 2. The van der Waals surface area contributed by atoms with Gasteiger partial charge in [0.05, 0.1) is 12.0 Å². The number of hydrogen-bond acceptors (Lipinski definition) is 6. The van der Waals surface area contributed by atoms with Gasteiger partial charge in [0, 0.05) is 38.0 Å². The van der Waals surface area contributed by atoms with Gasteiger partial charge < -0.3 is 19.3 Å². The fraction of sp³-hybridized carbons (Fsp3) is 0.304. The van der Waals surface area contributed by atoms with Gasteiger partial charge in [0.1, 0.15) is 5.65 Å². The van der Waals surface area contributed by atoms with Crippen LogP contribution in [0.25, 0.3) is 22.4 Å². The smallest absolute Gasteiger partial charge is 0.357 e. The maximum atomic E-state index is 12.4. The van der Waals surface area contributed by atoms with E-state index in [4.69, 9.17) is 4.74 Å². The van der Waals surface area contributed by atoms with Crippen LogP contribution >= 0.6 is 0 Å². The molecule has 1 N–H and O–H groups in total. The van der Waals surface area contributed by atoms with E-state index in [0.717, 1.165) is 0 Å². The molecule has 0 bridgehead atoms. The zero-order chi connectivity index (χ0) is 22.5. The van der Waals surface area contributed by atoms with Crippen molar-refractivity contribution in [2.45, 2.75) is 20.0 Å². The molecule has 0 saturated heterocycles. The van der Waals surface area contributed by atoms with Crippen LogP contribution in [-0.2, 0) is 16.6 Å². The molecule has 1 unspecified atom stereocenters. The molecule has 1 atom stereocenters. The summed E-state index contributed by atoms with van der Waals surface area (Å²) < 4.78 is 6.96. The minimum absolute atomic E-state index is 0.197. The molecule has 0 aliphatic heterocycles. The summed E-state index contributed by atoms with van der Waals surface area (Å²) in [7, 11) is 3.44. The summed E-state index contributed by atoms with van der Waals surface area (Å²) in [4.78, 5) is 34.8. The van der Waals surface area contributed by atoms with Crippen LogP contribution in [0.3, 0.4) is 0 Å². The number of rotatable bonds is 5. The highest BCUT2D eigenvalue weighted by Crippen LogP contribution is 2.23. The Morgan fingerprint density at radius 3 is 2.74 bits per heavy atom. The first-order chi connectivity index (χ1) is 14.8. The Hall–Kier alpha value is -3.70. The lowest BCUT2D eigenvalue weighted by Gasteiger charge is -2.15. The van der Waals surface area contributed by atoms with Crippen molar-refractivity contribution in [2.75, 3.05) is 20.2 Å². The molecule has 1 aromatic carbocycles. The third kappa shape index (κ3) is 4.73. The number of benzene rings is 1. The Balaban J connectivity index is 1.99. The number of likely N-dealkylation sites (N-methyl/N-ethyl adjacent to an activating group) is 1. The molecule has 0 saturated carbocycles. The van der Waals surface area contributed by atoms with Gasteiger partial charge in [0.25, 0.3) is 5.91 Å². The van der Waals surface area contributed by atoms with Crippen LogP contribution in [0.2, 0.25) is 0 Å². The second-order valence-electron chi connectivity index (χ2n) is 6.89. The van der Waals surface area contributed by atoms with E-state index in [1.807, 2.05) is 14.0 Å². The Bertz CT molecular complexity index is 1190. The number of aromatic nitrogens is 3. The Labute approximate surface area is 180 Å². The first-order valence-corrected chi connectivity index (χ1v) is 9.90. The number of fused-ring (bicyclic) bond motifs is 1. The lowest BCUT2D eigenvalue weighted by atomic mass is 10.1. The van der Waals surface area contributed by atoms with Crippen LogP contribution in [0.5, 0.6) is 0 Å². The number of aliphatic hydroxyl groups excluding tert-OH is 1. The minimum Gasteiger partial charge on any atom is -0.461 e.